The third kappa shape index (κ3) is 3.11. The molecule has 19 heavy (non-hydrogen) atoms. The van der Waals surface area contributed by atoms with Gasteiger partial charge in [-0.3, -0.25) is 4.79 Å². The zero-order valence-electron chi connectivity index (χ0n) is 10.9. The quantitative estimate of drug-likeness (QED) is 0.701. The Morgan fingerprint density at radius 2 is 2.21 bits per heavy atom. The second-order valence-electron chi connectivity index (χ2n) is 5.60. The minimum absolute atomic E-state index is 0.0719. The zero-order valence-corrected chi connectivity index (χ0v) is 13.3. The van der Waals surface area contributed by atoms with E-state index in [4.69, 9.17) is 11.6 Å². The molecule has 1 amide bonds. The van der Waals surface area contributed by atoms with Crippen LogP contribution in [-0.2, 0) is 0 Å². The maximum atomic E-state index is 13.2. The van der Waals surface area contributed by atoms with Crippen molar-refractivity contribution >= 4 is 33.4 Å². The highest BCUT2D eigenvalue weighted by molar-refractivity contribution is 9.10. The Bertz CT molecular complexity index is 506. The molecule has 2 nitrogen and oxygen atoms in total. The Morgan fingerprint density at radius 1 is 1.53 bits per heavy atom. The number of hydrogen-bond acceptors (Lipinski definition) is 1. The summed E-state index contributed by atoms with van der Waals surface area (Å²) >= 11 is 9.38. The molecule has 1 aromatic rings. The van der Waals surface area contributed by atoms with Crippen LogP contribution in [0, 0.1) is 11.2 Å². The fraction of sp³-hybridized carbons (Fsp3) is 0.500. The average Bonchev–Trinajstić information content (AvgIpc) is 2.35. The topological polar surface area (TPSA) is 20.3 Å². The van der Waals surface area contributed by atoms with Gasteiger partial charge in [-0.15, -0.1) is 11.6 Å². The van der Waals surface area contributed by atoms with Gasteiger partial charge in [0.2, 0.25) is 0 Å². The molecule has 0 bridgehead atoms. The van der Waals surface area contributed by atoms with Crippen molar-refractivity contribution in [3.8, 4) is 0 Å². The molecule has 0 radical (unpaired) electrons. The van der Waals surface area contributed by atoms with Gasteiger partial charge in [-0.25, -0.2) is 4.39 Å². The molecule has 0 aliphatic carbocycles. The van der Waals surface area contributed by atoms with Crippen molar-refractivity contribution in [2.24, 2.45) is 5.41 Å². The van der Waals surface area contributed by atoms with Crippen LogP contribution in [0.15, 0.2) is 22.7 Å². The predicted molar refractivity (Wildman–Crippen MR) is 78.0 cm³/mol. The fourth-order valence-electron chi connectivity index (χ4n) is 2.32. The van der Waals surface area contributed by atoms with Crippen LogP contribution in [-0.4, -0.2) is 29.3 Å². The van der Waals surface area contributed by atoms with Gasteiger partial charge in [0.15, 0.2) is 0 Å². The number of alkyl halides is 1. The second-order valence-corrected chi connectivity index (χ2v) is 6.98. The summed E-state index contributed by atoms with van der Waals surface area (Å²) in [5.74, 6) is -0.436. The van der Waals surface area contributed by atoms with Crippen molar-refractivity contribution in [3.05, 3.63) is 34.1 Å². The molecular formula is C14H16BrClFNO. The largest absolute Gasteiger partial charge is 0.338 e. The number of carbonyl (C=O) groups is 1. The van der Waals surface area contributed by atoms with Gasteiger partial charge >= 0.3 is 0 Å². The molecule has 0 N–H and O–H groups in total. The number of piperidine rings is 1. The van der Waals surface area contributed by atoms with Crippen LogP contribution in [0.3, 0.4) is 0 Å². The first-order valence-corrected chi connectivity index (χ1v) is 7.42. The van der Waals surface area contributed by atoms with Crippen LogP contribution >= 0.6 is 27.5 Å². The summed E-state index contributed by atoms with van der Waals surface area (Å²) < 4.78 is 13.5. The van der Waals surface area contributed by atoms with Crippen LogP contribution < -0.4 is 0 Å². The smallest absolute Gasteiger partial charge is 0.253 e. The maximum Gasteiger partial charge on any atom is 0.253 e. The van der Waals surface area contributed by atoms with Crippen molar-refractivity contribution in [1.82, 2.24) is 4.90 Å². The molecule has 1 fully saturated rings. The number of nitrogens with zero attached hydrogens (tertiary/aromatic N) is 1. The van der Waals surface area contributed by atoms with Crippen LogP contribution in [0.2, 0.25) is 0 Å². The van der Waals surface area contributed by atoms with Crippen molar-refractivity contribution in [3.63, 3.8) is 0 Å². The van der Waals surface area contributed by atoms with Gasteiger partial charge in [0, 0.05) is 24.0 Å². The molecule has 0 saturated carbocycles. The molecule has 1 atom stereocenters. The van der Waals surface area contributed by atoms with E-state index in [1.807, 2.05) is 0 Å². The van der Waals surface area contributed by atoms with Gasteiger partial charge < -0.3 is 4.90 Å². The van der Waals surface area contributed by atoms with Gasteiger partial charge in [0.1, 0.15) is 5.82 Å². The fourth-order valence-corrected chi connectivity index (χ4v) is 2.86. The normalized spacial score (nSPS) is 22.4. The summed E-state index contributed by atoms with van der Waals surface area (Å²) in [6.45, 7) is 5.38. The molecule has 2 rings (SSSR count). The Labute approximate surface area is 126 Å². The molecular weight excluding hydrogens is 333 g/mol. The molecule has 104 valence electrons. The number of halogens is 3. The predicted octanol–water partition coefficient (Wildman–Crippen LogP) is 4.07. The highest BCUT2D eigenvalue weighted by atomic mass is 79.9. The first-order valence-electron chi connectivity index (χ1n) is 6.19. The van der Waals surface area contributed by atoms with E-state index in [1.165, 1.54) is 18.2 Å². The van der Waals surface area contributed by atoms with Gasteiger partial charge in [0.25, 0.3) is 5.91 Å². The van der Waals surface area contributed by atoms with Crippen LogP contribution in [0.4, 0.5) is 4.39 Å². The van der Waals surface area contributed by atoms with Gasteiger partial charge in [-0.1, -0.05) is 13.8 Å². The van der Waals surface area contributed by atoms with Crippen LogP contribution in [0.5, 0.6) is 0 Å². The maximum absolute atomic E-state index is 13.2. The minimum atomic E-state index is -0.364. The molecule has 1 aliphatic rings. The Morgan fingerprint density at radius 3 is 2.79 bits per heavy atom. The molecule has 1 aromatic carbocycles. The first kappa shape index (κ1) is 14.8. The molecule has 0 aromatic heterocycles. The third-order valence-electron chi connectivity index (χ3n) is 3.55. The molecule has 0 spiro atoms. The number of amides is 1. The lowest BCUT2D eigenvalue weighted by Crippen LogP contribution is -2.48. The third-order valence-corrected chi connectivity index (χ3v) is 4.97. The lowest BCUT2D eigenvalue weighted by atomic mass is 9.83. The lowest BCUT2D eigenvalue weighted by molar-refractivity contribution is 0.0593. The van der Waals surface area contributed by atoms with Gasteiger partial charge in [0.05, 0.1) is 4.47 Å². The van der Waals surface area contributed by atoms with Crippen molar-refractivity contribution < 1.29 is 9.18 Å². The van der Waals surface area contributed by atoms with E-state index < -0.39 is 0 Å². The molecule has 1 saturated heterocycles. The second kappa shape index (κ2) is 5.41. The number of carbonyl (C=O) groups excluding carboxylic acids is 1. The van der Waals surface area contributed by atoms with Crippen molar-refractivity contribution in [1.29, 1.82) is 0 Å². The van der Waals surface area contributed by atoms with E-state index in [2.05, 4.69) is 29.8 Å². The van der Waals surface area contributed by atoms with Gasteiger partial charge in [-0.05, 0) is 46.0 Å². The van der Waals surface area contributed by atoms with Crippen LogP contribution in [0.25, 0.3) is 0 Å². The summed E-state index contributed by atoms with van der Waals surface area (Å²) in [6, 6.07) is 4.34. The summed E-state index contributed by atoms with van der Waals surface area (Å²) in [5, 5.41) is 0.0801. The summed E-state index contributed by atoms with van der Waals surface area (Å²) in [5.41, 5.74) is 0.393. The molecule has 1 aliphatic heterocycles. The molecule has 1 unspecified atom stereocenters. The minimum Gasteiger partial charge on any atom is -0.338 e. The summed E-state index contributed by atoms with van der Waals surface area (Å²) in [6.07, 6.45) is 0.780. The van der Waals surface area contributed by atoms with E-state index in [-0.39, 0.29) is 22.5 Å². The molecule has 1 heterocycles. The van der Waals surface area contributed by atoms with Crippen molar-refractivity contribution in [2.75, 3.05) is 13.1 Å². The first-order chi connectivity index (χ1) is 8.81. The van der Waals surface area contributed by atoms with E-state index in [1.54, 1.807) is 4.90 Å². The number of rotatable bonds is 1. The number of hydrogen-bond donors (Lipinski definition) is 0. The summed E-state index contributed by atoms with van der Waals surface area (Å²) in [4.78, 5) is 14.2. The lowest BCUT2D eigenvalue weighted by Gasteiger charge is -2.41. The zero-order chi connectivity index (χ0) is 14.2. The molecule has 5 heteroatoms. The Balaban J connectivity index is 2.18. The Hall–Kier alpha value is -0.610. The number of benzene rings is 1. The summed E-state index contributed by atoms with van der Waals surface area (Å²) in [7, 11) is 0. The SMILES string of the molecule is CC1(C)CN(C(=O)c2ccc(F)c(Br)c2)CCC1Cl. The van der Waals surface area contributed by atoms with E-state index in [0.29, 0.717) is 23.1 Å². The number of likely N-dealkylation sites (tertiary alicyclic amines) is 1. The monoisotopic (exact) mass is 347 g/mol. The van der Waals surface area contributed by atoms with Crippen molar-refractivity contribution in [2.45, 2.75) is 25.6 Å². The standard InChI is InChI=1S/C14H16BrClFNO/c1-14(2)8-18(6-5-12(14)16)13(19)9-3-4-11(17)10(15)7-9/h3-4,7,12H,5-6,8H2,1-2H3. The van der Waals surface area contributed by atoms with Crippen LogP contribution in [0.1, 0.15) is 30.6 Å². The van der Waals surface area contributed by atoms with Gasteiger partial charge in [-0.2, -0.15) is 0 Å². The van der Waals surface area contributed by atoms with E-state index >= 15 is 0 Å². The van der Waals surface area contributed by atoms with E-state index in [9.17, 15) is 9.18 Å². The Kier molecular flexibility index (Phi) is 4.21. The average molecular weight is 349 g/mol. The van der Waals surface area contributed by atoms with E-state index in [0.717, 1.165) is 6.42 Å². The highest BCUT2D eigenvalue weighted by Gasteiger charge is 2.36. The highest BCUT2D eigenvalue weighted by Crippen LogP contribution is 2.34.